The Morgan fingerprint density at radius 1 is 1.18 bits per heavy atom. The van der Waals surface area contributed by atoms with Crippen LogP contribution in [0.5, 0.6) is 0 Å². The fourth-order valence-corrected chi connectivity index (χ4v) is 5.91. The van der Waals surface area contributed by atoms with E-state index in [-0.39, 0.29) is 9.77 Å². The van der Waals surface area contributed by atoms with E-state index in [1.807, 2.05) is 31.2 Å². The molecule has 1 aromatic heterocycles. The Morgan fingerprint density at radius 2 is 1.93 bits per heavy atom. The van der Waals surface area contributed by atoms with Gasteiger partial charge in [-0.2, -0.15) is 11.8 Å². The van der Waals surface area contributed by atoms with Gasteiger partial charge in [-0.25, -0.2) is 13.1 Å². The van der Waals surface area contributed by atoms with Crippen LogP contribution in [0.1, 0.15) is 18.9 Å². The van der Waals surface area contributed by atoms with Crippen LogP contribution in [0.2, 0.25) is 5.02 Å². The normalized spacial score (nSPS) is 11.9. The molecule has 1 N–H and O–H groups in total. The van der Waals surface area contributed by atoms with Gasteiger partial charge in [0.2, 0.25) is 10.0 Å². The molecule has 0 radical (unpaired) electrons. The quantitative estimate of drug-likeness (QED) is 0.486. The molecule has 0 aliphatic carbocycles. The summed E-state index contributed by atoms with van der Waals surface area (Å²) in [5.41, 5.74) is 1.93. The predicted octanol–water partition coefficient (Wildman–Crippen LogP) is 4.34. The molecule has 0 saturated carbocycles. The summed E-state index contributed by atoms with van der Waals surface area (Å²) in [6.45, 7) is 2.98. The Hall–Kier alpha value is -1.32. The first-order valence-electron chi connectivity index (χ1n) is 8.86. The lowest BCUT2D eigenvalue weighted by atomic mass is 10.2. The van der Waals surface area contributed by atoms with Crippen LogP contribution in [0, 0.1) is 0 Å². The van der Waals surface area contributed by atoms with Gasteiger partial charge in [0.05, 0.1) is 15.1 Å². The fraction of sp³-hybridized carbons (Fsp3) is 0.316. The number of fused-ring (bicyclic) bond motifs is 1. The molecule has 5 nitrogen and oxygen atoms in total. The summed E-state index contributed by atoms with van der Waals surface area (Å²) in [5, 5.41) is 0.702. The second kappa shape index (κ2) is 9.45. The molecule has 0 aliphatic rings. The highest BCUT2D eigenvalue weighted by Crippen LogP contribution is 2.22. The maximum Gasteiger partial charge on any atom is 0.308 e. The van der Waals surface area contributed by atoms with E-state index >= 15 is 0 Å². The molecule has 0 amide bonds. The van der Waals surface area contributed by atoms with Crippen molar-refractivity contribution in [3.05, 3.63) is 62.7 Å². The summed E-state index contributed by atoms with van der Waals surface area (Å²) in [5.74, 6) is 1.45. The third-order valence-corrected chi connectivity index (χ3v) is 7.80. The van der Waals surface area contributed by atoms with E-state index in [1.54, 1.807) is 34.5 Å². The molecule has 3 rings (SSSR count). The minimum atomic E-state index is -3.60. The third-order valence-electron chi connectivity index (χ3n) is 4.12. The van der Waals surface area contributed by atoms with Gasteiger partial charge in [-0.3, -0.25) is 9.36 Å². The highest BCUT2D eigenvalue weighted by Gasteiger charge is 2.16. The topological polar surface area (TPSA) is 68.2 Å². The highest BCUT2D eigenvalue weighted by molar-refractivity contribution is 7.98. The van der Waals surface area contributed by atoms with Crippen molar-refractivity contribution in [3.63, 3.8) is 0 Å². The number of thiazole rings is 1. The zero-order valence-electron chi connectivity index (χ0n) is 15.4. The molecule has 0 atom stereocenters. The molecule has 150 valence electrons. The van der Waals surface area contributed by atoms with E-state index in [0.717, 1.165) is 34.6 Å². The number of hydrogen-bond donors (Lipinski definition) is 1. The van der Waals surface area contributed by atoms with E-state index in [0.29, 0.717) is 28.6 Å². The van der Waals surface area contributed by atoms with Crippen molar-refractivity contribution in [2.24, 2.45) is 0 Å². The Bertz CT molecular complexity index is 1110. The number of aromatic nitrogens is 1. The van der Waals surface area contributed by atoms with Gasteiger partial charge >= 0.3 is 4.87 Å². The van der Waals surface area contributed by atoms with E-state index < -0.39 is 10.0 Å². The van der Waals surface area contributed by atoms with Crippen LogP contribution >= 0.6 is 34.7 Å². The second-order valence-corrected chi connectivity index (χ2v) is 10.5. The monoisotopic (exact) mass is 456 g/mol. The Balaban J connectivity index is 1.59. The summed E-state index contributed by atoms with van der Waals surface area (Å²) in [4.78, 5) is 12.2. The number of sulfonamides is 1. The molecule has 2 aromatic carbocycles. The number of halogens is 1. The summed E-state index contributed by atoms with van der Waals surface area (Å²) >= 11 is 8.59. The molecule has 0 unspecified atom stereocenters. The summed E-state index contributed by atoms with van der Waals surface area (Å²) in [6, 6.07) is 12.5. The maximum atomic E-state index is 12.5. The molecular weight excluding hydrogens is 436 g/mol. The molecule has 9 heteroatoms. The number of nitrogens with zero attached hydrogens (tertiary/aromatic N) is 1. The van der Waals surface area contributed by atoms with Gasteiger partial charge in [0.15, 0.2) is 0 Å². The smallest absolute Gasteiger partial charge is 0.299 e. The lowest BCUT2D eigenvalue weighted by Crippen LogP contribution is -2.26. The van der Waals surface area contributed by atoms with Crippen LogP contribution in [0.4, 0.5) is 0 Å². The number of aryl methyl sites for hydroxylation is 1. The molecular formula is C19H21ClN2O3S3. The lowest BCUT2D eigenvalue weighted by Gasteiger charge is -2.08. The van der Waals surface area contributed by atoms with Crippen molar-refractivity contribution >= 4 is 54.9 Å². The number of thioether (sulfide) groups is 1. The van der Waals surface area contributed by atoms with Crippen LogP contribution in [-0.4, -0.2) is 25.3 Å². The first kappa shape index (κ1) is 21.4. The number of benzene rings is 2. The summed E-state index contributed by atoms with van der Waals surface area (Å²) < 4.78 is 30.1. The largest absolute Gasteiger partial charge is 0.308 e. The van der Waals surface area contributed by atoms with Crippen LogP contribution < -0.4 is 9.60 Å². The third kappa shape index (κ3) is 5.18. The maximum absolute atomic E-state index is 12.5. The molecule has 0 spiro atoms. The Morgan fingerprint density at radius 3 is 2.64 bits per heavy atom. The van der Waals surface area contributed by atoms with Crippen LogP contribution in [0.3, 0.4) is 0 Å². The highest BCUT2D eigenvalue weighted by atomic mass is 35.5. The minimum Gasteiger partial charge on any atom is -0.299 e. The van der Waals surface area contributed by atoms with Crippen LogP contribution in [-0.2, 0) is 22.3 Å². The van der Waals surface area contributed by atoms with E-state index in [1.165, 1.54) is 0 Å². The van der Waals surface area contributed by atoms with Crippen molar-refractivity contribution in [3.8, 4) is 0 Å². The second-order valence-electron chi connectivity index (χ2n) is 6.23. The average molecular weight is 457 g/mol. The fourth-order valence-electron chi connectivity index (χ4n) is 2.75. The molecule has 1 heterocycles. The molecule has 28 heavy (non-hydrogen) atoms. The van der Waals surface area contributed by atoms with Gasteiger partial charge in [0.1, 0.15) is 0 Å². The first-order valence-corrected chi connectivity index (χ1v) is 12.7. The van der Waals surface area contributed by atoms with E-state index in [4.69, 9.17) is 11.6 Å². The van der Waals surface area contributed by atoms with Crippen molar-refractivity contribution in [1.82, 2.24) is 9.29 Å². The molecule has 0 aliphatic heterocycles. The van der Waals surface area contributed by atoms with E-state index in [9.17, 15) is 13.2 Å². The van der Waals surface area contributed by atoms with Gasteiger partial charge in [0, 0.05) is 29.6 Å². The average Bonchev–Trinajstić information content (AvgIpc) is 2.98. The van der Waals surface area contributed by atoms with Crippen molar-refractivity contribution < 1.29 is 8.42 Å². The molecule has 0 bridgehead atoms. The standard InChI is InChI=1S/C19H21ClN2O3S3/c1-2-10-22-17-8-7-16(12-18(17)27-19(22)23)28(24,25)21-9-11-26-13-14-3-5-15(20)6-4-14/h3-8,12,21H,2,9-11,13H2,1H3. The zero-order chi connectivity index (χ0) is 20.1. The van der Waals surface area contributed by atoms with Crippen molar-refractivity contribution in [2.75, 3.05) is 12.3 Å². The van der Waals surface area contributed by atoms with Gasteiger partial charge in [-0.15, -0.1) is 0 Å². The number of hydrogen-bond acceptors (Lipinski definition) is 5. The number of nitrogens with one attached hydrogen (secondary N) is 1. The summed E-state index contributed by atoms with van der Waals surface area (Å²) in [6.07, 6.45) is 0.848. The minimum absolute atomic E-state index is 0.0574. The van der Waals surface area contributed by atoms with Crippen LogP contribution in [0.25, 0.3) is 10.2 Å². The summed E-state index contributed by atoms with van der Waals surface area (Å²) in [7, 11) is -3.60. The Labute approximate surface area is 177 Å². The number of rotatable bonds is 9. The molecule has 0 saturated heterocycles. The first-order chi connectivity index (χ1) is 13.4. The van der Waals surface area contributed by atoms with Gasteiger partial charge < -0.3 is 0 Å². The van der Waals surface area contributed by atoms with Gasteiger partial charge in [0.25, 0.3) is 0 Å². The molecule has 0 fully saturated rings. The predicted molar refractivity (Wildman–Crippen MR) is 119 cm³/mol. The SMILES string of the molecule is CCCn1c(=O)sc2cc(S(=O)(=O)NCCSCc3ccc(Cl)cc3)ccc21. The van der Waals surface area contributed by atoms with Gasteiger partial charge in [-0.05, 0) is 42.3 Å². The zero-order valence-corrected chi connectivity index (χ0v) is 18.6. The van der Waals surface area contributed by atoms with Crippen molar-refractivity contribution in [2.45, 2.75) is 30.5 Å². The Kier molecular flexibility index (Phi) is 7.22. The van der Waals surface area contributed by atoms with Crippen LogP contribution in [0.15, 0.2) is 52.2 Å². The molecule has 3 aromatic rings. The van der Waals surface area contributed by atoms with Gasteiger partial charge in [-0.1, -0.05) is 42.0 Å². The lowest BCUT2D eigenvalue weighted by molar-refractivity contribution is 0.584. The van der Waals surface area contributed by atoms with Crippen molar-refractivity contribution in [1.29, 1.82) is 0 Å². The van der Waals surface area contributed by atoms with E-state index in [2.05, 4.69) is 4.72 Å².